The summed E-state index contributed by atoms with van der Waals surface area (Å²) in [7, 11) is 0. The van der Waals surface area contributed by atoms with Gasteiger partial charge in [-0.05, 0) is 41.5 Å². The van der Waals surface area contributed by atoms with Gasteiger partial charge in [-0.3, -0.25) is 9.59 Å². The summed E-state index contributed by atoms with van der Waals surface area (Å²) in [5, 5.41) is 5.80. The molecule has 164 valence electrons. The topological polar surface area (TPSA) is 79.8 Å². The number of alkyl halides is 3. The SMILES string of the molecule is O=C(N/N=C\c1cccc(OCc2ccccc2)c1)C(=O)Nc1cccc(C(F)(F)F)c1. The molecule has 0 aliphatic carbocycles. The molecule has 0 unspecified atom stereocenters. The standard InChI is InChI=1S/C23H18F3N3O3/c24-23(25,26)18-9-5-10-19(13-18)28-21(30)22(31)29-27-14-17-8-4-11-20(12-17)32-15-16-6-2-1-3-7-16/h1-14H,15H2,(H,28,30)(H,29,31)/b27-14-. The van der Waals surface area contributed by atoms with Crippen molar-refractivity contribution in [3.05, 3.63) is 95.6 Å². The van der Waals surface area contributed by atoms with Crippen LogP contribution in [0.15, 0.2) is 84.0 Å². The number of rotatable bonds is 6. The van der Waals surface area contributed by atoms with Crippen LogP contribution in [0.5, 0.6) is 5.75 Å². The maximum atomic E-state index is 12.7. The molecule has 0 bridgehead atoms. The first-order valence-electron chi connectivity index (χ1n) is 9.40. The van der Waals surface area contributed by atoms with Crippen molar-refractivity contribution < 1.29 is 27.5 Å². The molecule has 9 heteroatoms. The zero-order chi connectivity index (χ0) is 23.0. The van der Waals surface area contributed by atoms with Gasteiger partial charge in [0, 0.05) is 5.69 Å². The van der Waals surface area contributed by atoms with Crippen molar-refractivity contribution in [2.24, 2.45) is 5.10 Å². The molecular weight excluding hydrogens is 423 g/mol. The third kappa shape index (κ3) is 6.69. The van der Waals surface area contributed by atoms with Crippen LogP contribution in [-0.2, 0) is 22.4 Å². The molecule has 3 rings (SSSR count). The summed E-state index contributed by atoms with van der Waals surface area (Å²) < 4.78 is 43.9. The molecule has 3 aromatic carbocycles. The van der Waals surface area contributed by atoms with E-state index in [1.807, 2.05) is 35.8 Å². The van der Waals surface area contributed by atoms with Crippen LogP contribution in [0.1, 0.15) is 16.7 Å². The fourth-order valence-electron chi connectivity index (χ4n) is 2.60. The molecule has 0 saturated heterocycles. The summed E-state index contributed by atoms with van der Waals surface area (Å²) in [6.45, 7) is 0.383. The molecule has 0 spiro atoms. The van der Waals surface area contributed by atoms with E-state index in [1.54, 1.807) is 24.3 Å². The molecule has 0 fully saturated rings. The number of carbonyl (C=O) groups is 2. The molecule has 2 N–H and O–H groups in total. The van der Waals surface area contributed by atoms with Crippen molar-refractivity contribution >= 4 is 23.7 Å². The third-order valence-electron chi connectivity index (χ3n) is 4.14. The van der Waals surface area contributed by atoms with E-state index < -0.39 is 23.6 Å². The number of hydrogen-bond donors (Lipinski definition) is 2. The molecule has 0 atom stereocenters. The van der Waals surface area contributed by atoms with Gasteiger partial charge in [0.15, 0.2) is 0 Å². The summed E-state index contributed by atoms with van der Waals surface area (Å²) in [4.78, 5) is 23.8. The highest BCUT2D eigenvalue weighted by Crippen LogP contribution is 2.30. The summed E-state index contributed by atoms with van der Waals surface area (Å²) in [5.41, 5.74) is 2.54. The lowest BCUT2D eigenvalue weighted by atomic mass is 10.2. The number of carbonyl (C=O) groups excluding carboxylic acids is 2. The van der Waals surface area contributed by atoms with Gasteiger partial charge in [-0.25, -0.2) is 5.43 Å². The van der Waals surface area contributed by atoms with Gasteiger partial charge in [0.2, 0.25) is 0 Å². The fourth-order valence-corrected chi connectivity index (χ4v) is 2.60. The van der Waals surface area contributed by atoms with E-state index in [1.165, 1.54) is 12.3 Å². The molecule has 0 heterocycles. The van der Waals surface area contributed by atoms with Crippen molar-refractivity contribution in [1.82, 2.24) is 5.43 Å². The average molecular weight is 441 g/mol. The van der Waals surface area contributed by atoms with Crippen LogP contribution in [0.25, 0.3) is 0 Å². The van der Waals surface area contributed by atoms with Crippen LogP contribution in [-0.4, -0.2) is 18.0 Å². The van der Waals surface area contributed by atoms with Gasteiger partial charge in [0.1, 0.15) is 12.4 Å². The van der Waals surface area contributed by atoms with Crippen molar-refractivity contribution in [3.8, 4) is 5.75 Å². The van der Waals surface area contributed by atoms with Gasteiger partial charge in [0.25, 0.3) is 0 Å². The molecule has 0 aromatic heterocycles. The Morgan fingerprint density at radius 1 is 0.906 bits per heavy atom. The number of nitrogens with one attached hydrogen (secondary N) is 2. The van der Waals surface area contributed by atoms with E-state index in [-0.39, 0.29) is 5.69 Å². The first kappa shape index (κ1) is 22.5. The zero-order valence-electron chi connectivity index (χ0n) is 16.6. The number of hydrogen-bond acceptors (Lipinski definition) is 4. The molecular formula is C23H18F3N3O3. The summed E-state index contributed by atoms with van der Waals surface area (Å²) in [5.74, 6) is -1.69. The normalized spacial score (nSPS) is 11.2. The highest BCUT2D eigenvalue weighted by atomic mass is 19.4. The number of nitrogens with zero attached hydrogens (tertiary/aromatic N) is 1. The van der Waals surface area contributed by atoms with E-state index in [4.69, 9.17) is 4.74 Å². The molecule has 0 aliphatic rings. The smallest absolute Gasteiger partial charge is 0.416 e. The Morgan fingerprint density at radius 2 is 1.66 bits per heavy atom. The van der Waals surface area contributed by atoms with E-state index in [0.29, 0.717) is 17.9 Å². The van der Waals surface area contributed by atoms with Gasteiger partial charge in [-0.1, -0.05) is 48.5 Å². The zero-order valence-corrected chi connectivity index (χ0v) is 16.6. The summed E-state index contributed by atoms with van der Waals surface area (Å²) >= 11 is 0. The van der Waals surface area contributed by atoms with Crippen LogP contribution in [0.4, 0.5) is 18.9 Å². The third-order valence-corrected chi connectivity index (χ3v) is 4.14. The van der Waals surface area contributed by atoms with E-state index >= 15 is 0 Å². The molecule has 2 amide bonds. The Kier molecular flexibility index (Phi) is 7.22. The Bertz CT molecular complexity index is 1120. The Morgan fingerprint density at radius 3 is 2.41 bits per heavy atom. The van der Waals surface area contributed by atoms with Crippen LogP contribution >= 0.6 is 0 Å². The minimum Gasteiger partial charge on any atom is -0.489 e. The lowest BCUT2D eigenvalue weighted by Crippen LogP contribution is -2.32. The number of anilines is 1. The van der Waals surface area contributed by atoms with Crippen molar-refractivity contribution in [2.75, 3.05) is 5.32 Å². The minimum absolute atomic E-state index is 0.160. The second kappa shape index (κ2) is 10.3. The highest BCUT2D eigenvalue weighted by Gasteiger charge is 2.30. The molecule has 0 aliphatic heterocycles. The van der Waals surface area contributed by atoms with Crippen LogP contribution < -0.4 is 15.5 Å². The summed E-state index contributed by atoms with van der Waals surface area (Å²) in [6, 6.07) is 20.5. The van der Waals surface area contributed by atoms with Gasteiger partial charge < -0.3 is 10.1 Å². The first-order chi connectivity index (χ1) is 15.3. The predicted molar refractivity (Wildman–Crippen MR) is 113 cm³/mol. The highest BCUT2D eigenvalue weighted by molar-refractivity contribution is 6.39. The van der Waals surface area contributed by atoms with Crippen LogP contribution in [0.2, 0.25) is 0 Å². The average Bonchev–Trinajstić information content (AvgIpc) is 2.78. The van der Waals surface area contributed by atoms with E-state index in [2.05, 4.69) is 10.4 Å². The largest absolute Gasteiger partial charge is 0.489 e. The predicted octanol–water partition coefficient (Wildman–Crippen LogP) is 4.37. The van der Waals surface area contributed by atoms with Crippen molar-refractivity contribution in [1.29, 1.82) is 0 Å². The Balaban J connectivity index is 1.53. The lowest BCUT2D eigenvalue weighted by molar-refractivity contribution is -0.137. The molecule has 3 aromatic rings. The number of ether oxygens (including phenoxy) is 1. The molecule has 32 heavy (non-hydrogen) atoms. The minimum atomic E-state index is -4.56. The van der Waals surface area contributed by atoms with Gasteiger partial charge in [-0.2, -0.15) is 18.3 Å². The number of halogens is 3. The Hall–Kier alpha value is -4.14. The maximum Gasteiger partial charge on any atom is 0.416 e. The van der Waals surface area contributed by atoms with Gasteiger partial charge in [0.05, 0.1) is 11.8 Å². The van der Waals surface area contributed by atoms with Crippen LogP contribution in [0.3, 0.4) is 0 Å². The summed E-state index contributed by atoms with van der Waals surface area (Å²) in [6.07, 6.45) is -3.25. The Labute approximate surface area is 181 Å². The molecule has 0 radical (unpaired) electrons. The molecule has 6 nitrogen and oxygen atoms in total. The van der Waals surface area contributed by atoms with Gasteiger partial charge in [-0.15, -0.1) is 0 Å². The second-order valence-electron chi connectivity index (χ2n) is 6.58. The van der Waals surface area contributed by atoms with E-state index in [9.17, 15) is 22.8 Å². The quantitative estimate of drug-likeness (QED) is 0.339. The monoisotopic (exact) mass is 441 g/mol. The van der Waals surface area contributed by atoms with Crippen LogP contribution in [0, 0.1) is 0 Å². The molecule has 0 saturated carbocycles. The number of hydrazone groups is 1. The van der Waals surface area contributed by atoms with Crippen molar-refractivity contribution in [2.45, 2.75) is 12.8 Å². The lowest BCUT2D eigenvalue weighted by Gasteiger charge is -2.09. The number of benzene rings is 3. The van der Waals surface area contributed by atoms with Gasteiger partial charge >= 0.3 is 18.0 Å². The fraction of sp³-hybridized carbons (Fsp3) is 0.0870. The van der Waals surface area contributed by atoms with E-state index in [0.717, 1.165) is 23.8 Å². The second-order valence-corrected chi connectivity index (χ2v) is 6.58. The number of amides is 2. The first-order valence-corrected chi connectivity index (χ1v) is 9.40. The van der Waals surface area contributed by atoms with Crippen molar-refractivity contribution in [3.63, 3.8) is 0 Å². The maximum absolute atomic E-state index is 12.7.